The van der Waals surface area contributed by atoms with Crippen molar-refractivity contribution in [1.29, 1.82) is 0 Å². The summed E-state index contributed by atoms with van der Waals surface area (Å²) >= 11 is 0. The van der Waals surface area contributed by atoms with E-state index < -0.39 is 0 Å². The third kappa shape index (κ3) is 1.75. The standard InChI is InChI=1S/C11H22N2/c12-9-10-5-2-1-3-6-11(10)7-4-8-13-11/h10,13H,1-9,12H2. The summed E-state index contributed by atoms with van der Waals surface area (Å²) in [5, 5.41) is 3.73. The van der Waals surface area contributed by atoms with Crippen LogP contribution in [0.25, 0.3) is 0 Å². The van der Waals surface area contributed by atoms with Crippen molar-refractivity contribution in [3.63, 3.8) is 0 Å². The van der Waals surface area contributed by atoms with Crippen LogP contribution in [0.4, 0.5) is 0 Å². The molecule has 2 nitrogen and oxygen atoms in total. The Kier molecular flexibility index (Phi) is 2.89. The summed E-state index contributed by atoms with van der Waals surface area (Å²) in [7, 11) is 0. The van der Waals surface area contributed by atoms with E-state index in [4.69, 9.17) is 5.73 Å². The molecular formula is C11H22N2. The molecule has 0 aromatic heterocycles. The van der Waals surface area contributed by atoms with Crippen molar-refractivity contribution in [2.24, 2.45) is 11.7 Å². The summed E-state index contributed by atoms with van der Waals surface area (Å²) < 4.78 is 0. The minimum absolute atomic E-state index is 0.450. The van der Waals surface area contributed by atoms with Gasteiger partial charge in [0.1, 0.15) is 0 Å². The van der Waals surface area contributed by atoms with Crippen molar-refractivity contribution in [1.82, 2.24) is 5.32 Å². The number of hydrogen-bond donors (Lipinski definition) is 2. The summed E-state index contributed by atoms with van der Waals surface area (Å²) in [6.07, 6.45) is 9.67. The molecule has 0 bridgehead atoms. The van der Waals surface area contributed by atoms with Crippen molar-refractivity contribution in [3.8, 4) is 0 Å². The number of hydrogen-bond acceptors (Lipinski definition) is 2. The second-order valence-electron chi connectivity index (χ2n) is 4.72. The van der Waals surface area contributed by atoms with Gasteiger partial charge in [-0.25, -0.2) is 0 Å². The Morgan fingerprint density at radius 1 is 1.15 bits per heavy atom. The molecule has 2 rings (SSSR count). The summed E-state index contributed by atoms with van der Waals surface area (Å²) in [4.78, 5) is 0. The van der Waals surface area contributed by atoms with E-state index >= 15 is 0 Å². The van der Waals surface area contributed by atoms with Gasteiger partial charge < -0.3 is 11.1 Å². The van der Waals surface area contributed by atoms with Crippen molar-refractivity contribution >= 4 is 0 Å². The van der Waals surface area contributed by atoms with Crippen molar-refractivity contribution in [3.05, 3.63) is 0 Å². The van der Waals surface area contributed by atoms with Gasteiger partial charge in [-0.05, 0) is 44.7 Å². The maximum absolute atomic E-state index is 5.89. The molecule has 1 aliphatic carbocycles. The summed E-state index contributed by atoms with van der Waals surface area (Å²) in [5.74, 6) is 0.748. The monoisotopic (exact) mass is 182 g/mol. The molecule has 0 aromatic rings. The lowest BCUT2D eigenvalue weighted by Gasteiger charge is -2.36. The third-order valence-corrected chi connectivity index (χ3v) is 4.02. The normalized spacial score (nSPS) is 40.8. The zero-order chi connectivity index (χ0) is 9.15. The van der Waals surface area contributed by atoms with Crippen LogP contribution in [0.15, 0.2) is 0 Å². The van der Waals surface area contributed by atoms with Gasteiger partial charge in [0.15, 0.2) is 0 Å². The van der Waals surface area contributed by atoms with Crippen LogP contribution in [-0.4, -0.2) is 18.6 Å². The Hall–Kier alpha value is -0.0800. The molecule has 1 spiro atoms. The lowest BCUT2D eigenvalue weighted by Crippen LogP contribution is -2.48. The number of nitrogens with one attached hydrogen (secondary N) is 1. The topological polar surface area (TPSA) is 38.0 Å². The van der Waals surface area contributed by atoms with Crippen LogP contribution in [-0.2, 0) is 0 Å². The molecule has 0 aromatic carbocycles. The fraction of sp³-hybridized carbons (Fsp3) is 1.00. The van der Waals surface area contributed by atoms with Gasteiger partial charge in [0.2, 0.25) is 0 Å². The lowest BCUT2D eigenvalue weighted by atomic mass is 9.79. The zero-order valence-electron chi connectivity index (χ0n) is 8.52. The highest BCUT2D eigenvalue weighted by Crippen LogP contribution is 2.37. The molecule has 0 radical (unpaired) electrons. The highest BCUT2D eigenvalue weighted by molar-refractivity contribution is 4.99. The highest BCUT2D eigenvalue weighted by atomic mass is 15.0. The molecule has 2 unspecified atom stereocenters. The molecule has 2 heteroatoms. The second kappa shape index (κ2) is 3.97. The van der Waals surface area contributed by atoms with Crippen LogP contribution in [0, 0.1) is 5.92 Å². The number of rotatable bonds is 1. The minimum Gasteiger partial charge on any atom is -0.330 e. The quantitative estimate of drug-likeness (QED) is 0.647. The van der Waals surface area contributed by atoms with E-state index in [1.165, 1.54) is 51.5 Å². The molecule has 2 atom stereocenters. The first-order chi connectivity index (χ1) is 6.37. The fourth-order valence-electron chi connectivity index (χ4n) is 3.22. The van der Waals surface area contributed by atoms with E-state index in [1.54, 1.807) is 0 Å². The van der Waals surface area contributed by atoms with E-state index in [2.05, 4.69) is 5.32 Å². The summed E-state index contributed by atoms with van der Waals surface area (Å²) in [6, 6.07) is 0. The fourth-order valence-corrected chi connectivity index (χ4v) is 3.22. The van der Waals surface area contributed by atoms with Crippen molar-refractivity contribution in [2.45, 2.75) is 50.5 Å². The Labute approximate surface area is 81.3 Å². The maximum atomic E-state index is 5.89. The van der Waals surface area contributed by atoms with E-state index in [1.807, 2.05) is 0 Å². The Morgan fingerprint density at radius 3 is 2.69 bits per heavy atom. The number of nitrogens with two attached hydrogens (primary N) is 1. The zero-order valence-corrected chi connectivity index (χ0v) is 8.52. The molecule has 1 saturated heterocycles. The molecule has 1 saturated carbocycles. The van der Waals surface area contributed by atoms with E-state index in [9.17, 15) is 0 Å². The van der Waals surface area contributed by atoms with Gasteiger partial charge in [-0.2, -0.15) is 0 Å². The van der Waals surface area contributed by atoms with Crippen molar-refractivity contribution < 1.29 is 0 Å². The van der Waals surface area contributed by atoms with Gasteiger partial charge in [0, 0.05) is 5.54 Å². The predicted molar refractivity (Wildman–Crippen MR) is 55.6 cm³/mol. The SMILES string of the molecule is NCC1CCCCCC12CCCN2. The van der Waals surface area contributed by atoms with Crippen LogP contribution >= 0.6 is 0 Å². The summed E-state index contributed by atoms with van der Waals surface area (Å²) in [6.45, 7) is 2.10. The lowest BCUT2D eigenvalue weighted by molar-refractivity contribution is 0.227. The average Bonchev–Trinajstić information content (AvgIpc) is 2.50. The summed E-state index contributed by atoms with van der Waals surface area (Å²) in [5.41, 5.74) is 6.34. The minimum atomic E-state index is 0.450. The first-order valence-corrected chi connectivity index (χ1v) is 5.82. The molecule has 1 heterocycles. The smallest absolute Gasteiger partial charge is 0.0222 e. The van der Waals surface area contributed by atoms with Gasteiger partial charge in [-0.15, -0.1) is 0 Å². The Bertz CT molecular complexity index is 161. The van der Waals surface area contributed by atoms with Crippen molar-refractivity contribution in [2.75, 3.05) is 13.1 Å². The Morgan fingerprint density at radius 2 is 2.00 bits per heavy atom. The second-order valence-corrected chi connectivity index (χ2v) is 4.72. The van der Waals surface area contributed by atoms with E-state index in [-0.39, 0.29) is 0 Å². The first kappa shape index (κ1) is 9.47. The third-order valence-electron chi connectivity index (χ3n) is 4.02. The van der Waals surface area contributed by atoms with Gasteiger partial charge in [0.25, 0.3) is 0 Å². The van der Waals surface area contributed by atoms with Crippen LogP contribution in [0.3, 0.4) is 0 Å². The molecule has 1 aliphatic heterocycles. The van der Waals surface area contributed by atoms with E-state index in [0.717, 1.165) is 12.5 Å². The van der Waals surface area contributed by atoms with Crippen LogP contribution < -0.4 is 11.1 Å². The van der Waals surface area contributed by atoms with Gasteiger partial charge in [-0.3, -0.25) is 0 Å². The van der Waals surface area contributed by atoms with Crippen LogP contribution in [0.2, 0.25) is 0 Å². The average molecular weight is 182 g/mol. The van der Waals surface area contributed by atoms with Gasteiger partial charge in [-0.1, -0.05) is 19.3 Å². The molecule has 13 heavy (non-hydrogen) atoms. The molecular weight excluding hydrogens is 160 g/mol. The van der Waals surface area contributed by atoms with Gasteiger partial charge >= 0.3 is 0 Å². The predicted octanol–water partition coefficient (Wildman–Crippen LogP) is 1.65. The Balaban J connectivity index is 2.09. The molecule has 3 N–H and O–H groups in total. The molecule has 2 fully saturated rings. The van der Waals surface area contributed by atoms with E-state index in [0.29, 0.717) is 5.54 Å². The highest BCUT2D eigenvalue weighted by Gasteiger charge is 2.40. The van der Waals surface area contributed by atoms with Crippen LogP contribution in [0.5, 0.6) is 0 Å². The first-order valence-electron chi connectivity index (χ1n) is 5.82. The molecule has 2 aliphatic rings. The molecule has 76 valence electrons. The maximum Gasteiger partial charge on any atom is 0.0222 e. The molecule has 0 amide bonds. The van der Waals surface area contributed by atoms with Gasteiger partial charge in [0.05, 0.1) is 0 Å². The largest absolute Gasteiger partial charge is 0.330 e. The van der Waals surface area contributed by atoms with Crippen LogP contribution in [0.1, 0.15) is 44.9 Å².